The zero-order valence-electron chi connectivity index (χ0n) is 8.00. The molecule has 1 N–H and O–H groups in total. The van der Waals surface area contributed by atoms with Crippen LogP contribution in [0.1, 0.15) is 16.7 Å². The van der Waals surface area contributed by atoms with Gasteiger partial charge in [0.15, 0.2) is 0 Å². The lowest BCUT2D eigenvalue weighted by Crippen LogP contribution is -2.29. The number of H-pyrrole nitrogens is 1. The Hall–Kier alpha value is -1.60. The SMILES string of the molecule is CN1CCc2c(c[nH]c(=O)c2C#N)C1. The van der Waals surface area contributed by atoms with Crippen LogP contribution in [0.3, 0.4) is 0 Å². The standard InChI is InChI=1S/C10H11N3O/c1-13-3-2-8-7(6-13)5-12-10(14)9(8)4-11/h5H,2-3,6H2,1H3,(H,12,14). The average molecular weight is 189 g/mol. The molecule has 1 aliphatic rings. The van der Waals surface area contributed by atoms with E-state index in [4.69, 9.17) is 5.26 Å². The van der Waals surface area contributed by atoms with Crippen LogP contribution in [0.15, 0.2) is 11.0 Å². The first-order valence-electron chi connectivity index (χ1n) is 4.54. The number of aromatic nitrogens is 1. The van der Waals surface area contributed by atoms with Gasteiger partial charge in [-0.2, -0.15) is 5.26 Å². The van der Waals surface area contributed by atoms with Crippen molar-refractivity contribution in [3.63, 3.8) is 0 Å². The largest absolute Gasteiger partial charge is 0.328 e. The van der Waals surface area contributed by atoms with Crippen molar-refractivity contribution in [2.45, 2.75) is 13.0 Å². The fraction of sp³-hybridized carbons (Fsp3) is 0.400. The monoisotopic (exact) mass is 189 g/mol. The van der Waals surface area contributed by atoms with Crippen molar-refractivity contribution < 1.29 is 0 Å². The maximum atomic E-state index is 11.3. The third-order valence-corrected chi connectivity index (χ3v) is 2.59. The van der Waals surface area contributed by atoms with Gasteiger partial charge in [0.25, 0.3) is 5.56 Å². The molecule has 0 unspecified atom stereocenters. The minimum Gasteiger partial charge on any atom is -0.328 e. The topological polar surface area (TPSA) is 59.9 Å². The van der Waals surface area contributed by atoms with Crippen molar-refractivity contribution in [2.24, 2.45) is 0 Å². The van der Waals surface area contributed by atoms with E-state index in [1.807, 2.05) is 13.1 Å². The quantitative estimate of drug-likeness (QED) is 0.635. The molecule has 1 aliphatic heterocycles. The van der Waals surface area contributed by atoms with Crippen molar-refractivity contribution in [2.75, 3.05) is 13.6 Å². The van der Waals surface area contributed by atoms with Crippen LogP contribution in [0.25, 0.3) is 0 Å². The molecule has 0 radical (unpaired) electrons. The first-order valence-corrected chi connectivity index (χ1v) is 4.54. The Kier molecular flexibility index (Phi) is 2.10. The summed E-state index contributed by atoms with van der Waals surface area (Å²) in [6.45, 7) is 1.71. The van der Waals surface area contributed by atoms with Crippen LogP contribution in [0.5, 0.6) is 0 Å². The number of likely N-dealkylation sites (N-methyl/N-ethyl adjacent to an activating group) is 1. The van der Waals surface area contributed by atoms with E-state index in [1.165, 1.54) is 0 Å². The number of aromatic amines is 1. The van der Waals surface area contributed by atoms with Crippen molar-refractivity contribution in [1.82, 2.24) is 9.88 Å². The molecule has 1 aromatic rings. The molecule has 0 amide bonds. The lowest BCUT2D eigenvalue weighted by Gasteiger charge is -2.24. The third kappa shape index (κ3) is 1.32. The zero-order chi connectivity index (χ0) is 10.1. The van der Waals surface area contributed by atoms with Gasteiger partial charge in [-0.1, -0.05) is 0 Å². The van der Waals surface area contributed by atoms with E-state index in [0.717, 1.165) is 30.6 Å². The Labute approximate surface area is 81.8 Å². The molecule has 0 saturated carbocycles. The molecule has 1 aromatic heterocycles. The second-order valence-corrected chi connectivity index (χ2v) is 3.60. The van der Waals surface area contributed by atoms with E-state index in [0.29, 0.717) is 0 Å². The number of nitriles is 1. The molecule has 4 heteroatoms. The molecule has 2 rings (SSSR count). The van der Waals surface area contributed by atoms with Crippen LogP contribution in [0.4, 0.5) is 0 Å². The predicted octanol–water partition coefficient (Wildman–Crippen LogP) is 0.234. The van der Waals surface area contributed by atoms with Crippen molar-refractivity contribution in [3.05, 3.63) is 33.2 Å². The smallest absolute Gasteiger partial charge is 0.266 e. The van der Waals surface area contributed by atoms with Crippen molar-refractivity contribution >= 4 is 0 Å². The number of hydrogen-bond acceptors (Lipinski definition) is 3. The van der Waals surface area contributed by atoms with Crippen LogP contribution in [0, 0.1) is 11.3 Å². The van der Waals surface area contributed by atoms with Gasteiger partial charge in [-0.3, -0.25) is 4.79 Å². The number of fused-ring (bicyclic) bond motifs is 1. The second kappa shape index (κ2) is 3.28. The highest BCUT2D eigenvalue weighted by molar-refractivity contribution is 5.41. The van der Waals surface area contributed by atoms with Gasteiger partial charge in [0, 0.05) is 19.3 Å². The van der Waals surface area contributed by atoms with Gasteiger partial charge in [0.05, 0.1) is 0 Å². The van der Waals surface area contributed by atoms with Crippen molar-refractivity contribution in [3.8, 4) is 6.07 Å². The fourth-order valence-corrected chi connectivity index (χ4v) is 1.83. The maximum absolute atomic E-state index is 11.3. The van der Waals surface area contributed by atoms with Gasteiger partial charge >= 0.3 is 0 Å². The van der Waals surface area contributed by atoms with E-state index in [9.17, 15) is 4.79 Å². The molecule has 2 heterocycles. The molecule has 14 heavy (non-hydrogen) atoms. The molecule has 0 fully saturated rings. The molecular weight excluding hydrogens is 178 g/mol. The van der Waals surface area contributed by atoms with Crippen molar-refractivity contribution in [1.29, 1.82) is 5.26 Å². The Balaban J connectivity index is 2.60. The summed E-state index contributed by atoms with van der Waals surface area (Å²) in [6.07, 6.45) is 2.51. The van der Waals surface area contributed by atoms with Gasteiger partial charge in [0.2, 0.25) is 0 Å². The zero-order valence-corrected chi connectivity index (χ0v) is 8.00. The lowest BCUT2D eigenvalue weighted by molar-refractivity contribution is 0.312. The molecule has 4 nitrogen and oxygen atoms in total. The summed E-state index contributed by atoms with van der Waals surface area (Å²) in [5.74, 6) is 0. The summed E-state index contributed by atoms with van der Waals surface area (Å²) in [6, 6.07) is 1.98. The molecule has 0 aromatic carbocycles. The van der Waals surface area contributed by atoms with E-state index >= 15 is 0 Å². The maximum Gasteiger partial charge on any atom is 0.266 e. The van der Waals surface area contributed by atoms with Gasteiger partial charge in [0.1, 0.15) is 11.6 Å². The number of nitrogens with one attached hydrogen (secondary N) is 1. The molecular formula is C10H11N3O. The fourth-order valence-electron chi connectivity index (χ4n) is 1.83. The predicted molar refractivity (Wildman–Crippen MR) is 51.8 cm³/mol. The van der Waals surface area contributed by atoms with E-state index in [2.05, 4.69) is 9.88 Å². The first-order chi connectivity index (χ1) is 6.72. The molecule has 0 atom stereocenters. The molecule has 72 valence electrons. The lowest BCUT2D eigenvalue weighted by atomic mass is 9.98. The van der Waals surface area contributed by atoms with Gasteiger partial charge in [-0.05, 0) is 24.6 Å². The van der Waals surface area contributed by atoms with Crippen LogP contribution < -0.4 is 5.56 Å². The summed E-state index contributed by atoms with van der Waals surface area (Å²) < 4.78 is 0. The molecule has 0 saturated heterocycles. The van der Waals surface area contributed by atoms with Gasteiger partial charge < -0.3 is 9.88 Å². The highest BCUT2D eigenvalue weighted by Crippen LogP contribution is 2.17. The summed E-state index contributed by atoms with van der Waals surface area (Å²) in [4.78, 5) is 16.1. The summed E-state index contributed by atoms with van der Waals surface area (Å²) in [7, 11) is 2.03. The average Bonchev–Trinajstić information content (AvgIpc) is 2.18. The Morgan fingerprint density at radius 3 is 3.14 bits per heavy atom. The van der Waals surface area contributed by atoms with Crippen LogP contribution in [-0.2, 0) is 13.0 Å². The van der Waals surface area contributed by atoms with E-state index in [-0.39, 0.29) is 11.1 Å². The molecule has 0 aliphatic carbocycles. The first kappa shape index (κ1) is 8.97. The number of rotatable bonds is 0. The molecule has 0 spiro atoms. The Morgan fingerprint density at radius 1 is 1.64 bits per heavy atom. The number of hydrogen-bond donors (Lipinski definition) is 1. The third-order valence-electron chi connectivity index (χ3n) is 2.59. The minimum absolute atomic E-state index is 0.268. The summed E-state index contributed by atoms with van der Waals surface area (Å²) >= 11 is 0. The minimum atomic E-state index is -0.268. The van der Waals surface area contributed by atoms with Crippen LogP contribution in [-0.4, -0.2) is 23.5 Å². The highest BCUT2D eigenvalue weighted by Gasteiger charge is 2.18. The van der Waals surface area contributed by atoms with E-state index in [1.54, 1.807) is 6.20 Å². The highest BCUT2D eigenvalue weighted by atomic mass is 16.1. The van der Waals surface area contributed by atoms with Gasteiger partial charge in [-0.15, -0.1) is 0 Å². The number of nitrogens with zero attached hydrogens (tertiary/aromatic N) is 2. The summed E-state index contributed by atoms with van der Waals surface area (Å²) in [5, 5.41) is 8.86. The summed E-state index contributed by atoms with van der Waals surface area (Å²) in [5.41, 5.74) is 2.01. The van der Waals surface area contributed by atoms with Crippen LogP contribution in [0.2, 0.25) is 0 Å². The van der Waals surface area contributed by atoms with Crippen LogP contribution >= 0.6 is 0 Å². The Morgan fingerprint density at radius 2 is 2.43 bits per heavy atom. The molecule has 0 bridgehead atoms. The normalized spacial score (nSPS) is 16.0. The Bertz CT molecular complexity index is 455. The van der Waals surface area contributed by atoms with Gasteiger partial charge in [-0.25, -0.2) is 0 Å². The number of pyridine rings is 1. The second-order valence-electron chi connectivity index (χ2n) is 3.60. The van der Waals surface area contributed by atoms with E-state index < -0.39 is 0 Å².